The van der Waals surface area contributed by atoms with Crippen LogP contribution in [0.15, 0.2) is 71.8 Å². The molecule has 0 fully saturated rings. The van der Waals surface area contributed by atoms with Crippen LogP contribution in [0.4, 0.5) is 0 Å². The summed E-state index contributed by atoms with van der Waals surface area (Å²) in [5, 5.41) is 5.05. The number of rotatable bonds is 8. The van der Waals surface area contributed by atoms with Crippen molar-refractivity contribution in [1.82, 2.24) is 5.43 Å². The molecule has 1 amide bonds. The molecule has 0 saturated heterocycles. The van der Waals surface area contributed by atoms with Crippen LogP contribution in [0.3, 0.4) is 0 Å². The Morgan fingerprint density at radius 1 is 1.00 bits per heavy atom. The van der Waals surface area contributed by atoms with Gasteiger partial charge in [0.1, 0.15) is 6.61 Å². The third kappa shape index (κ3) is 5.99. The Labute approximate surface area is 185 Å². The second kappa shape index (κ2) is 10.7. The maximum atomic E-state index is 12.2. The number of carbonyl (C=O) groups is 1. The number of hydrogen-bond donors (Lipinski definition) is 1. The van der Waals surface area contributed by atoms with E-state index in [0.29, 0.717) is 40.3 Å². The molecule has 5 nitrogen and oxygen atoms in total. The molecule has 0 aliphatic heterocycles. The van der Waals surface area contributed by atoms with E-state index in [1.165, 1.54) is 6.21 Å². The van der Waals surface area contributed by atoms with Gasteiger partial charge >= 0.3 is 0 Å². The molecule has 30 heavy (non-hydrogen) atoms. The van der Waals surface area contributed by atoms with Gasteiger partial charge in [0.25, 0.3) is 5.91 Å². The summed E-state index contributed by atoms with van der Waals surface area (Å²) in [6, 6.07) is 19.7. The molecule has 0 aliphatic rings. The minimum atomic E-state index is -0.384. The first-order chi connectivity index (χ1) is 14.6. The summed E-state index contributed by atoms with van der Waals surface area (Å²) < 4.78 is 11.6. The van der Waals surface area contributed by atoms with Crippen molar-refractivity contribution in [2.75, 3.05) is 6.61 Å². The standard InChI is InChI=1S/C23H20Cl2N2O3/c1-2-29-22-13-17(14-26-27-23(28)19-5-3-4-6-20(19)25)9-12-21(22)30-15-16-7-10-18(24)11-8-16/h3-14H,2,15H2,1H3,(H,27,28)/b26-14-. The zero-order chi connectivity index (χ0) is 21.3. The number of benzene rings is 3. The largest absolute Gasteiger partial charge is 0.490 e. The molecule has 0 heterocycles. The van der Waals surface area contributed by atoms with Crippen molar-refractivity contribution in [3.63, 3.8) is 0 Å². The first-order valence-corrected chi connectivity index (χ1v) is 10.0. The molecule has 0 aromatic heterocycles. The highest BCUT2D eigenvalue weighted by molar-refractivity contribution is 6.33. The molecular weight excluding hydrogens is 423 g/mol. The minimum Gasteiger partial charge on any atom is -0.490 e. The normalized spacial score (nSPS) is 10.8. The fourth-order valence-electron chi connectivity index (χ4n) is 2.61. The molecule has 0 spiro atoms. The van der Waals surface area contributed by atoms with E-state index in [2.05, 4.69) is 10.5 Å². The van der Waals surface area contributed by atoms with Gasteiger partial charge in [-0.15, -0.1) is 0 Å². The molecule has 3 rings (SSSR count). The van der Waals surface area contributed by atoms with Crippen molar-refractivity contribution in [2.45, 2.75) is 13.5 Å². The lowest BCUT2D eigenvalue weighted by Crippen LogP contribution is -2.17. The van der Waals surface area contributed by atoms with E-state index in [1.54, 1.807) is 36.4 Å². The molecule has 7 heteroatoms. The van der Waals surface area contributed by atoms with Gasteiger partial charge in [-0.05, 0) is 60.5 Å². The molecule has 0 saturated carbocycles. The average molecular weight is 443 g/mol. The van der Waals surface area contributed by atoms with Crippen LogP contribution in [0, 0.1) is 0 Å². The molecule has 3 aromatic rings. The number of carbonyl (C=O) groups excluding carboxylic acids is 1. The number of hydrogen-bond acceptors (Lipinski definition) is 4. The van der Waals surface area contributed by atoms with Crippen LogP contribution >= 0.6 is 23.2 Å². The van der Waals surface area contributed by atoms with Crippen LogP contribution in [-0.4, -0.2) is 18.7 Å². The summed E-state index contributed by atoms with van der Waals surface area (Å²) in [5.41, 5.74) is 4.57. The molecule has 0 unspecified atom stereocenters. The quantitative estimate of drug-likeness (QED) is 0.357. The summed E-state index contributed by atoms with van der Waals surface area (Å²) in [5.74, 6) is 0.821. The molecule has 0 atom stereocenters. The first-order valence-electron chi connectivity index (χ1n) is 9.29. The van der Waals surface area contributed by atoms with Crippen molar-refractivity contribution in [3.8, 4) is 11.5 Å². The Morgan fingerprint density at radius 2 is 1.77 bits per heavy atom. The van der Waals surface area contributed by atoms with Crippen molar-refractivity contribution in [3.05, 3.63) is 93.5 Å². The van der Waals surface area contributed by atoms with Crippen LogP contribution in [0.1, 0.15) is 28.4 Å². The van der Waals surface area contributed by atoms with E-state index in [4.69, 9.17) is 32.7 Å². The molecule has 0 aliphatic carbocycles. The molecule has 3 aromatic carbocycles. The predicted octanol–water partition coefficient (Wildman–Crippen LogP) is 5.74. The van der Waals surface area contributed by atoms with E-state index in [-0.39, 0.29) is 5.91 Å². The van der Waals surface area contributed by atoms with Crippen LogP contribution in [0.25, 0.3) is 0 Å². The van der Waals surface area contributed by atoms with Gasteiger partial charge in [0.2, 0.25) is 0 Å². The molecule has 1 N–H and O–H groups in total. The maximum Gasteiger partial charge on any atom is 0.272 e. The Hall–Kier alpha value is -3.02. The lowest BCUT2D eigenvalue weighted by Gasteiger charge is -2.12. The SMILES string of the molecule is CCOc1cc(/C=N\NC(=O)c2ccccc2Cl)ccc1OCc1ccc(Cl)cc1. The van der Waals surface area contributed by atoms with Gasteiger partial charge in [-0.1, -0.05) is 47.5 Å². The predicted molar refractivity (Wildman–Crippen MR) is 120 cm³/mol. The third-order valence-corrected chi connectivity index (χ3v) is 4.65. The summed E-state index contributed by atoms with van der Waals surface area (Å²) in [4.78, 5) is 12.2. The number of ether oxygens (including phenoxy) is 2. The van der Waals surface area contributed by atoms with Crippen LogP contribution in [0.5, 0.6) is 11.5 Å². The zero-order valence-electron chi connectivity index (χ0n) is 16.3. The van der Waals surface area contributed by atoms with Crippen LogP contribution < -0.4 is 14.9 Å². The minimum absolute atomic E-state index is 0.359. The van der Waals surface area contributed by atoms with Gasteiger partial charge in [-0.3, -0.25) is 4.79 Å². The lowest BCUT2D eigenvalue weighted by molar-refractivity contribution is 0.0955. The van der Waals surface area contributed by atoms with Crippen molar-refractivity contribution in [1.29, 1.82) is 0 Å². The number of halogens is 2. The molecule has 0 radical (unpaired) electrons. The van der Waals surface area contributed by atoms with Gasteiger partial charge in [0, 0.05) is 5.02 Å². The third-order valence-electron chi connectivity index (χ3n) is 4.07. The molecule has 154 valence electrons. The van der Waals surface area contributed by atoms with Crippen LogP contribution in [-0.2, 0) is 6.61 Å². The highest BCUT2D eigenvalue weighted by atomic mass is 35.5. The van der Waals surface area contributed by atoms with Crippen LogP contribution in [0.2, 0.25) is 10.0 Å². The molecule has 0 bridgehead atoms. The van der Waals surface area contributed by atoms with E-state index >= 15 is 0 Å². The fourth-order valence-corrected chi connectivity index (χ4v) is 2.95. The number of nitrogens with zero attached hydrogens (tertiary/aromatic N) is 1. The Bertz CT molecular complexity index is 1040. The lowest BCUT2D eigenvalue weighted by atomic mass is 10.2. The topological polar surface area (TPSA) is 59.9 Å². The van der Waals surface area contributed by atoms with Gasteiger partial charge in [0.05, 0.1) is 23.4 Å². The smallest absolute Gasteiger partial charge is 0.272 e. The zero-order valence-corrected chi connectivity index (χ0v) is 17.8. The monoisotopic (exact) mass is 442 g/mol. The van der Waals surface area contributed by atoms with Gasteiger partial charge in [0.15, 0.2) is 11.5 Å². The highest BCUT2D eigenvalue weighted by Crippen LogP contribution is 2.29. The summed E-state index contributed by atoms with van der Waals surface area (Å²) in [6.07, 6.45) is 1.53. The maximum absolute atomic E-state index is 12.2. The van der Waals surface area contributed by atoms with E-state index < -0.39 is 0 Å². The Balaban J connectivity index is 1.66. The summed E-state index contributed by atoms with van der Waals surface area (Å²) >= 11 is 11.9. The summed E-state index contributed by atoms with van der Waals surface area (Å²) in [6.45, 7) is 2.77. The van der Waals surface area contributed by atoms with E-state index in [0.717, 1.165) is 11.1 Å². The highest BCUT2D eigenvalue weighted by Gasteiger charge is 2.09. The number of amides is 1. The van der Waals surface area contributed by atoms with E-state index in [1.807, 2.05) is 37.3 Å². The second-order valence-corrected chi connectivity index (χ2v) is 7.08. The van der Waals surface area contributed by atoms with Gasteiger partial charge in [-0.2, -0.15) is 5.10 Å². The first kappa shape index (κ1) is 21.7. The van der Waals surface area contributed by atoms with Gasteiger partial charge < -0.3 is 9.47 Å². The Kier molecular flexibility index (Phi) is 7.71. The number of nitrogens with one attached hydrogen (secondary N) is 1. The number of hydrazone groups is 1. The fraction of sp³-hybridized carbons (Fsp3) is 0.130. The van der Waals surface area contributed by atoms with Gasteiger partial charge in [-0.25, -0.2) is 5.43 Å². The molecular formula is C23H20Cl2N2O3. The summed E-state index contributed by atoms with van der Waals surface area (Å²) in [7, 11) is 0. The van der Waals surface area contributed by atoms with Crippen molar-refractivity contribution < 1.29 is 14.3 Å². The second-order valence-electron chi connectivity index (χ2n) is 6.23. The Morgan fingerprint density at radius 3 is 2.50 bits per heavy atom. The van der Waals surface area contributed by atoms with Crippen molar-refractivity contribution in [2.24, 2.45) is 5.10 Å². The average Bonchev–Trinajstić information content (AvgIpc) is 2.75. The van der Waals surface area contributed by atoms with E-state index in [9.17, 15) is 4.79 Å². The van der Waals surface area contributed by atoms with Crippen molar-refractivity contribution >= 4 is 35.3 Å².